The molecular weight excluding hydrogens is 174 g/mol. The first-order valence-electron chi connectivity index (χ1n) is 4.47. The average molecular weight is 190 g/mol. The Kier molecular flexibility index (Phi) is 3.53. The van der Waals surface area contributed by atoms with E-state index >= 15 is 0 Å². The summed E-state index contributed by atoms with van der Waals surface area (Å²) < 4.78 is 0. The lowest BCUT2D eigenvalue weighted by molar-refractivity contribution is -0.116. The molecule has 12 heavy (non-hydrogen) atoms. The lowest BCUT2D eigenvalue weighted by Gasteiger charge is -2.30. The summed E-state index contributed by atoms with van der Waals surface area (Å²) in [6.45, 7) is 0. The quantitative estimate of drug-likeness (QED) is 0.619. The van der Waals surface area contributed by atoms with Gasteiger partial charge in [0.25, 0.3) is 0 Å². The van der Waals surface area contributed by atoms with Crippen LogP contribution in [0.15, 0.2) is 0 Å². The molecule has 1 aliphatic rings. The van der Waals surface area contributed by atoms with E-state index in [1.165, 1.54) is 0 Å². The van der Waals surface area contributed by atoms with E-state index in [9.17, 15) is 4.79 Å². The van der Waals surface area contributed by atoms with E-state index in [0.29, 0.717) is 6.04 Å². The van der Waals surface area contributed by atoms with E-state index < -0.39 is 0 Å². The first-order valence-corrected chi connectivity index (χ1v) is 4.85. The summed E-state index contributed by atoms with van der Waals surface area (Å²) in [6.07, 6.45) is 4.14. The summed E-state index contributed by atoms with van der Waals surface area (Å²) in [4.78, 5) is 13.1. The van der Waals surface area contributed by atoms with Crippen LogP contribution in [-0.2, 0) is 4.79 Å². The molecule has 3 heteroatoms. The van der Waals surface area contributed by atoms with Crippen LogP contribution in [-0.4, -0.2) is 30.3 Å². The predicted molar refractivity (Wildman–Crippen MR) is 50.3 cm³/mol. The minimum Gasteiger partial charge on any atom is -0.306 e. The molecule has 0 N–H and O–H groups in total. The van der Waals surface area contributed by atoms with Gasteiger partial charge in [0, 0.05) is 12.0 Å². The maximum absolute atomic E-state index is 10.8. The second-order valence-corrected chi connectivity index (χ2v) is 4.15. The van der Waals surface area contributed by atoms with Crippen molar-refractivity contribution in [1.82, 2.24) is 4.90 Å². The van der Waals surface area contributed by atoms with Crippen LogP contribution in [0.25, 0.3) is 0 Å². The highest BCUT2D eigenvalue weighted by Gasteiger charge is 2.25. The molecule has 0 amide bonds. The molecule has 1 aliphatic carbocycles. The van der Waals surface area contributed by atoms with Gasteiger partial charge in [0.05, 0.1) is 0 Å². The van der Waals surface area contributed by atoms with E-state index in [0.717, 1.165) is 25.7 Å². The molecule has 0 unspecified atom stereocenters. The number of hydrogen-bond donors (Lipinski definition) is 0. The van der Waals surface area contributed by atoms with Crippen LogP contribution in [0.5, 0.6) is 0 Å². The fourth-order valence-corrected chi connectivity index (χ4v) is 2.04. The fourth-order valence-electron chi connectivity index (χ4n) is 1.82. The number of hydrogen-bond acceptors (Lipinski definition) is 2. The van der Waals surface area contributed by atoms with Crippen molar-refractivity contribution in [2.75, 3.05) is 14.1 Å². The van der Waals surface area contributed by atoms with Crippen LogP contribution in [0.4, 0.5) is 0 Å². The largest absolute Gasteiger partial charge is 0.306 e. The highest BCUT2D eigenvalue weighted by molar-refractivity contribution is 6.63. The second kappa shape index (κ2) is 4.24. The van der Waals surface area contributed by atoms with Gasteiger partial charge in [-0.15, -0.1) is 0 Å². The second-order valence-electron chi connectivity index (χ2n) is 3.77. The smallest absolute Gasteiger partial charge is 0.224 e. The third-order valence-electron chi connectivity index (χ3n) is 2.75. The van der Waals surface area contributed by atoms with Crippen LogP contribution >= 0.6 is 11.6 Å². The van der Waals surface area contributed by atoms with Gasteiger partial charge in [0.1, 0.15) is 0 Å². The van der Waals surface area contributed by atoms with Crippen LogP contribution in [0, 0.1) is 5.92 Å². The molecule has 0 bridgehead atoms. The van der Waals surface area contributed by atoms with Crippen molar-refractivity contribution in [1.29, 1.82) is 0 Å². The summed E-state index contributed by atoms with van der Waals surface area (Å²) in [5.41, 5.74) is 0. The Morgan fingerprint density at radius 1 is 1.25 bits per heavy atom. The van der Waals surface area contributed by atoms with Crippen molar-refractivity contribution in [3.63, 3.8) is 0 Å². The summed E-state index contributed by atoms with van der Waals surface area (Å²) in [6, 6.07) is 0.650. The Morgan fingerprint density at radius 2 is 1.75 bits per heavy atom. The van der Waals surface area contributed by atoms with Crippen LogP contribution in [0.2, 0.25) is 0 Å². The van der Waals surface area contributed by atoms with Crippen LogP contribution < -0.4 is 0 Å². The number of nitrogens with zero attached hydrogens (tertiary/aromatic N) is 1. The lowest BCUT2D eigenvalue weighted by Crippen LogP contribution is -2.33. The SMILES string of the molecule is CN(C)C1CCC(C(=O)Cl)CC1. The van der Waals surface area contributed by atoms with Gasteiger partial charge in [-0.1, -0.05) is 0 Å². The van der Waals surface area contributed by atoms with E-state index in [1.807, 2.05) is 0 Å². The van der Waals surface area contributed by atoms with E-state index in [2.05, 4.69) is 19.0 Å². The highest BCUT2D eigenvalue weighted by atomic mass is 35.5. The number of carbonyl (C=O) groups is 1. The van der Waals surface area contributed by atoms with E-state index in [1.54, 1.807) is 0 Å². The monoisotopic (exact) mass is 189 g/mol. The highest BCUT2D eigenvalue weighted by Crippen LogP contribution is 2.27. The van der Waals surface area contributed by atoms with Gasteiger partial charge in [0.15, 0.2) is 0 Å². The van der Waals surface area contributed by atoms with Gasteiger partial charge in [-0.05, 0) is 51.4 Å². The molecule has 0 aromatic rings. The van der Waals surface area contributed by atoms with Gasteiger partial charge in [-0.3, -0.25) is 4.79 Å². The molecule has 1 saturated carbocycles. The summed E-state index contributed by atoms with van der Waals surface area (Å²) >= 11 is 5.43. The molecule has 1 fully saturated rings. The zero-order valence-corrected chi connectivity index (χ0v) is 8.47. The van der Waals surface area contributed by atoms with Crippen molar-refractivity contribution in [3.8, 4) is 0 Å². The number of carbonyl (C=O) groups excluding carboxylic acids is 1. The maximum atomic E-state index is 10.8. The first kappa shape index (κ1) is 10.0. The maximum Gasteiger partial charge on any atom is 0.224 e. The van der Waals surface area contributed by atoms with Gasteiger partial charge in [0.2, 0.25) is 5.24 Å². The number of rotatable bonds is 2. The molecule has 0 heterocycles. The molecule has 0 atom stereocenters. The van der Waals surface area contributed by atoms with Crippen molar-refractivity contribution in [2.45, 2.75) is 31.7 Å². The third kappa shape index (κ3) is 2.46. The van der Waals surface area contributed by atoms with Gasteiger partial charge in [-0.2, -0.15) is 0 Å². The molecule has 0 aliphatic heterocycles. The Morgan fingerprint density at radius 3 is 2.08 bits per heavy atom. The third-order valence-corrected chi connectivity index (χ3v) is 3.06. The van der Waals surface area contributed by atoms with Gasteiger partial charge >= 0.3 is 0 Å². The predicted octanol–water partition coefficient (Wildman–Crippen LogP) is 1.87. The topological polar surface area (TPSA) is 20.3 Å². The summed E-state index contributed by atoms with van der Waals surface area (Å²) in [7, 11) is 4.18. The van der Waals surface area contributed by atoms with E-state index in [4.69, 9.17) is 11.6 Å². The first-order chi connectivity index (χ1) is 5.61. The van der Waals surface area contributed by atoms with Crippen molar-refractivity contribution in [2.24, 2.45) is 5.92 Å². The molecule has 1 rings (SSSR count). The van der Waals surface area contributed by atoms with Crippen molar-refractivity contribution >= 4 is 16.8 Å². The van der Waals surface area contributed by atoms with Crippen LogP contribution in [0.1, 0.15) is 25.7 Å². The summed E-state index contributed by atoms with van der Waals surface area (Å²) in [5.74, 6) is 0.128. The molecule has 0 saturated heterocycles. The Bertz CT molecular complexity index is 162. The zero-order chi connectivity index (χ0) is 9.14. The molecule has 0 spiro atoms. The minimum absolute atomic E-state index is 0.128. The van der Waals surface area contributed by atoms with Crippen molar-refractivity contribution < 1.29 is 4.79 Å². The molecule has 70 valence electrons. The Labute approximate surface area is 78.9 Å². The Balaban J connectivity index is 2.34. The molecule has 0 aromatic heterocycles. The van der Waals surface area contributed by atoms with Gasteiger partial charge < -0.3 is 4.90 Å². The minimum atomic E-state index is -0.146. The standard InChI is InChI=1S/C9H16ClNO/c1-11(2)8-5-3-7(4-6-8)9(10)12/h7-8H,3-6H2,1-2H3. The average Bonchev–Trinajstić information content (AvgIpc) is 2.04. The van der Waals surface area contributed by atoms with Crippen LogP contribution in [0.3, 0.4) is 0 Å². The fraction of sp³-hybridized carbons (Fsp3) is 0.889. The summed E-state index contributed by atoms with van der Waals surface area (Å²) in [5, 5.41) is -0.146. The molecule has 0 aromatic carbocycles. The molecule has 2 nitrogen and oxygen atoms in total. The van der Waals surface area contributed by atoms with Crippen molar-refractivity contribution in [3.05, 3.63) is 0 Å². The lowest BCUT2D eigenvalue weighted by atomic mass is 9.86. The number of halogens is 1. The zero-order valence-electron chi connectivity index (χ0n) is 7.72. The molecule has 0 radical (unpaired) electrons. The van der Waals surface area contributed by atoms with Gasteiger partial charge in [-0.25, -0.2) is 0 Å². The van der Waals surface area contributed by atoms with E-state index in [-0.39, 0.29) is 11.2 Å². The molecular formula is C9H16ClNO. The normalized spacial score (nSPS) is 30.7. The Hall–Kier alpha value is -0.0800.